The van der Waals surface area contributed by atoms with E-state index in [1.165, 1.54) is 11.3 Å². The van der Waals surface area contributed by atoms with Gasteiger partial charge in [0.2, 0.25) is 17.8 Å². The van der Waals surface area contributed by atoms with Crippen LogP contribution in [-0.4, -0.2) is 26.8 Å². The zero-order chi connectivity index (χ0) is 25.9. The van der Waals surface area contributed by atoms with Crippen LogP contribution in [0, 0.1) is 19.8 Å². The highest BCUT2D eigenvalue weighted by Crippen LogP contribution is 2.43. The van der Waals surface area contributed by atoms with Crippen LogP contribution >= 0.6 is 11.3 Å². The SMILES string of the molecule is Cc1ccc(N2C(=O)CC(C(=O)OCc3nc(N)nc(Nc4ccccc4C)n3)C2c2cccs2)cc1. The molecule has 2 unspecified atom stereocenters. The third-order valence-corrected chi connectivity index (χ3v) is 7.15. The number of anilines is 4. The van der Waals surface area contributed by atoms with Gasteiger partial charge in [0.05, 0.1) is 12.0 Å². The molecule has 1 aliphatic heterocycles. The van der Waals surface area contributed by atoms with Crippen molar-refractivity contribution < 1.29 is 14.3 Å². The quantitative estimate of drug-likeness (QED) is 0.340. The van der Waals surface area contributed by atoms with Crippen molar-refractivity contribution in [2.24, 2.45) is 5.92 Å². The Kier molecular flexibility index (Phi) is 6.82. The van der Waals surface area contributed by atoms with E-state index in [1.54, 1.807) is 4.90 Å². The van der Waals surface area contributed by atoms with Gasteiger partial charge < -0.3 is 20.7 Å². The molecule has 1 amide bonds. The van der Waals surface area contributed by atoms with Gasteiger partial charge in [-0.05, 0) is 49.1 Å². The maximum atomic E-state index is 13.3. The average Bonchev–Trinajstić information content (AvgIpc) is 3.52. The van der Waals surface area contributed by atoms with Crippen LogP contribution in [0.1, 0.15) is 34.3 Å². The Morgan fingerprint density at radius 1 is 1.08 bits per heavy atom. The Bertz CT molecular complexity index is 1420. The summed E-state index contributed by atoms with van der Waals surface area (Å²) in [5.74, 6) is -0.811. The molecule has 1 aliphatic rings. The maximum Gasteiger partial charge on any atom is 0.312 e. The van der Waals surface area contributed by atoms with Crippen LogP contribution in [0.25, 0.3) is 0 Å². The van der Waals surface area contributed by atoms with Crippen molar-refractivity contribution in [1.82, 2.24) is 15.0 Å². The van der Waals surface area contributed by atoms with Gasteiger partial charge >= 0.3 is 5.97 Å². The number of carbonyl (C=O) groups excluding carboxylic acids is 2. The summed E-state index contributed by atoms with van der Waals surface area (Å²) in [6.45, 7) is 3.76. The highest BCUT2D eigenvalue weighted by molar-refractivity contribution is 7.10. The van der Waals surface area contributed by atoms with Crippen LogP contribution in [0.5, 0.6) is 0 Å². The van der Waals surface area contributed by atoms with E-state index in [1.807, 2.05) is 79.9 Å². The van der Waals surface area contributed by atoms with Crippen LogP contribution < -0.4 is 16.0 Å². The largest absolute Gasteiger partial charge is 0.457 e. The lowest BCUT2D eigenvalue weighted by Crippen LogP contribution is -2.30. The maximum absolute atomic E-state index is 13.3. The van der Waals surface area contributed by atoms with Crippen molar-refractivity contribution in [3.63, 3.8) is 0 Å². The molecular formula is C27H26N6O3S. The van der Waals surface area contributed by atoms with Crippen LogP contribution in [-0.2, 0) is 20.9 Å². The van der Waals surface area contributed by atoms with E-state index in [-0.39, 0.29) is 36.7 Å². The second-order valence-corrected chi connectivity index (χ2v) is 9.83. The molecule has 188 valence electrons. The van der Waals surface area contributed by atoms with Gasteiger partial charge in [-0.3, -0.25) is 9.59 Å². The van der Waals surface area contributed by atoms with Crippen molar-refractivity contribution in [2.45, 2.75) is 32.9 Å². The Hall–Kier alpha value is -4.31. The first-order valence-electron chi connectivity index (χ1n) is 11.8. The number of aryl methyl sites for hydroxylation is 2. The zero-order valence-corrected chi connectivity index (χ0v) is 21.2. The topological polar surface area (TPSA) is 123 Å². The van der Waals surface area contributed by atoms with Crippen LogP contribution in [0.2, 0.25) is 0 Å². The third-order valence-electron chi connectivity index (χ3n) is 6.21. The molecule has 2 aromatic heterocycles. The highest BCUT2D eigenvalue weighted by Gasteiger charge is 2.46. The Morgan fingerprint density at radius 2 is 1.86 bits per heavy atom. The molecule has 10 heteroatoms. The van der Waals surface area contributed by atoms with Crippen molar-refractivity contribution in [2.75, 3.05) is 16.0 Å². The fourth-order valence-corrected chi connectivity index (χ4v) is 5.26. The molecule has 1 saturated heterocycles. The molecule has 3 heterocycles. The standard InChI is InChI=1S/C27H26N6O3S/c1-16-9-11-18(12-10-16)33-23(34)14-19(24(33)21-8-5-13-37-21)25(35)36-15-22-30-26(28)32-27(31-22)29-20-7-4-3-6-17(20)2/h3-13,19,24H,14-15H2,1-2H3,(H3,28,29,30,31,32). The van der Waals surface area contributed by atoms with Gasteiger partial charge in [0.1, 0.15) is 0 Å². The van der Waals surface area contributed by atoms with Crippen LogP contribution in [0.15, 0.2) is 66.0 Å². The minimum Gasteiger partial charge on any atom is -0.457 e. The lowest BCUT2D eigenvalue weighted by atomic mass is 9.99. The van der Waals surface area contributed by atoms with Gasteiger partial charge in [0.25, 0.3) is 0 Å². The Balaban J connectivity index is 1.34. The zero-order valence-electron chi connectivity index (χ0n) is 20.4. The summed E-state index contributed by atoms with van der Waals surface area (Å²) in [6, 6.07) is 18.8. The second kappa shape index (κ2) is 10.4. The Morgan fingerprint density at radius 3 is 2.59 bits per heavy atom. The molecule has 3 N–H and O–H groups in total. The third kappa shape index (κ3) is 5.29. The van der Waals surface area contributed by atoms with Gasteiger partial charge in [-0.1, -0.05) is 42.0 Å². The lowest BCUT2D eigenvalue weighted by molar-refractivity contribution is -0.150. The van der Waals surface area contributed by atoms with E-state index in [4.69, 9.17) is 10.5 Å². The number of nitrogens with one attached hydrogen (secondary N) is 1. The summed E-state index contributed by atoms with van der Waals surface area (Å²) in [5.41, 5.74) is 9.57. The molecule has 37 heavy (non-hydrogen) atoms. The van der Waals surface area contributed by atoms with Crippen molar-refractivity contribution >= 4 is 46.5 Å². The van der Waals surface area contributed by atoms with Gasteiger partial charge in [-0.2, -0.15) is 15.0 Å². The molecule has 9 nitrogen and oxygen atoms in total. The molecule has 0 saturated carbocycles. The number of ether oxygens (including phenoxy) is 1. The number of nitrogens with two attached hydrogens (primary N) is 1. The number of aromatic nitrogens is 3. The molecule has 2 aromatic carbocycles. The fourth-order valence-electron chi connectivity index (χ4n) is 4.38. The normalized spacial score (nSPS) is 17.1. The van der Waals surface area contributed by atoms with Crippen LogP contribution in [0.3, 0.4) is 0 Å². The van der Waals surface area contributed by atoms with E-state index >= 15 is 0 Å². The predicted molar refractivity (Wildman–Crippen MR) is 142 cm³/mol. The first-order valence-corrected chi connectivity index (χ1v) is 12.7. The van der Waals surface area contributed by atoms with Gasteiger partial charge in [0.15, 0.2) is 12.4 Å². The molecule has 0 bridgehead atoms. The van der Waals surface area contributed by atoms with Crippen molar-refractivity contribution in [1.29, 1.82) is 0 Å². The van der Waals surface area contributed by atoms with Gasteiger partial charge in [-0.15, -0.1) is 11.3 Å². The minimum absolute atomic E-state index is 0.00943. The lowest BCUT2D eigenvalue weighted by Gasteiger charge is -2.27. The second-order valence-electron chi connectivity index (χ2n) is 8.85. The number of nitrogen functional groups attached to an aromatic ring is 1. The molecule has 4 aromatic rings. The van der Waals surface area contributed by atoms with Gasteiger partial charge in [-0.25, -0.2) is 0 Å². The average molecular weight is 515 g/mol. The summed E-state index contributed by atoms with van der Waals surface area (Å²) in [6.07, 6.45) is 0.0503. The molecule has 5 rings (SSSR count). The number of carbonyl (C=O) groups is 2. The molecule has 0 radical (unpaired) electrons. The number of hydrogen-bond donors (Lipinski definition) is 2. The smallest absolute Gasteiger partial charge is 0.312 e. The molecule has 0 aliphatic carbocycles. The molecular weight excluding hydrogens is 488 g/mol. The first kappa shape index (κ1) is 24.4. The van der Waals surface area contributed by atoms with E-state index in [2.05, 4.69) is 20.3 Å². The molecule has 2 atom stereocenters. The number of thiophene rings is 1. The van der Waals surface area contributed by atoms with E-state index < -0.39 is 17.9 Å². The summed E-state index contributed by atoms with van der Waals surface area (Å²) < 4.78 is 5.63. The van der Waals surface area contributed by atoms with Crippen molar-refractivity contribution in [3.8, 4) is 0 Å². The monoisotopic (exact) mass is 514 g/mol. The van der Waals surface area contributed by atoms with E-state index in [0.717, 1.165) is 27.4 Å². The number of hydrogen-bond acceptors (Lipinski definition) is 9. The number of para-hydroxylation sites is 1. The predicted octanol–water partition coefficient (Wildman–Crippen LogP) is 4.71. The minimum atomic E-state index is -0.670. The van der Waals surface area contributed by atoms with E-state index in [0.29, 0.717) is 0 Å². The van der Waals surface area contributed by atoms with Crippen LogP contribution in [0.4, 0.5) is 23.3 Å². The van der Waals surface area contributed by atoms with Gasteiger partial charge in [0, 0.05) is 22.7 Å². The number of nitrogens with zero attached hydrogens (tertiary/aromatic N) is 4. The number of esters is 1. The van der Waals surface area contributed by atoms with E-state index in [9.17, 15) is 9.59 Å². The summed E-state index contributed by atoms with van der Waals surface area (Å²) in [5, 5.41) is 5.06. The molecule has 1 fully saturated rings. The van der Waals surface area contributed by atoms with Crippen molar-refractivity contribution in [3.05, 3.63) is 87.9 Å². The Labute approximate surface area is 218 Å². The highest BCUT2D eigenvalue weighted by atomic mass is 32.1. The number of rotatable bonds is 7. The summed E-state index contributed by atoms with van der Waals surface area (Å²) in [4.78, 5) is 41.6. The first-order chi connectivity index (χ1) is 17.9. The number of amides is 1. The summed E-state index contributed by atoms with van der Waals surface area (Å²) >= 11 is 1.51. The molecule has 0 spiro atoms. The fraction of sp³-hybridized carbons (Fsp3) is 0.222. The summed E-state index contributed by atoms with van der Waals surface area (Å²) in [7, 11) is 0. The number of benzene rings is 2.